The summed E-state index contributed by atoms with van der Waals surface area (Å²) in [5, 5.41) is 5.27. The first kappa shape index (κ1) is 25.0. The molecular formula is C27H31N3O4S. The summed E-state index contributed by atoms with van der Waals surface area (Å²) in [6, 6.07) is 19.4. The zero-order valence-electron chi connectivity index (χ0n) is 20.1. The maximum absolute atomic E-state index is 13.2. The standard InChI is InChI=1S/C27H31N3O4S/c1-19-5-3-4-6-24(19)25(17-26(31)23-11-12-27(32)29(2)18-23)22-9-7-20(8-10-22)21-13-15-30(16-14-21)35(28,33)34/h3-12,18,21,25H,13-17H2,1-2H3,(H2,28,33,34)/t25-/m1/s1. The predicted molar refractivity (Wildman–Crippen MR) is 137 cm³/mol. The Bertz CT molecular complexity index is 1370. The van der Waals surface area contributed by atoms with Crippen LogP contribution in [-0.2, 0) is 17.3 Å². The molecular weight excluding hydrogens is 462 g/mol. The molecule has 1 aliphatic heterocycles. The summed E-state index contributed by atoms with van der Waals surface area (Å²) < 4.78 is 25.9. The first-order valence-electron chi connectivity index (χ1n) is 11.8. The van der Waals surface area contributed by atoms with Crippen molar-refractivity contribution in [3.8, 4) is 0 Å². The van der Waals surface area contributed by atoms with Crippen LogP contribution in [0.4, 0.5) is 0 Å². The fourth-order valence-corrected chi connectivity index (χ4v) is 5.61. The van der Waals surface area contributed by atoms with Gasteiger partial charge in [-0.25, -0.2) is 5.14 Å². The van der Waals surface area contributed by atoms with Crippen molar-refractivity contribution in [2.45, 2.75) is 38.0 Å². The van der Waals surface area contributed by atoms with E-state index in [1.165, 1.54) is 14.9 Å². The molecule has 0 aliphatic carbocycles. The Balaban J connectivity index is 1.58. The number of aromatic nitrogens is 1. The molecule has 0 radical (unpaired) electrons. The van der Waals surface area contributed by atoms with Crippen molar-refractivity contribution in [1.29, 1.82) is 0 Å². The van der Waals surface area contributed by atoms with Crippen molar-refractivity contribution < 1.29 is 13.2 Å². The van der Waals surface area contributed by atoms with Crippen LogP contribution in [0.25, 0.3) is 0 Å². The van der Waals surface area contributed by atoms with Gasteiger partial charge in [0.2, 0.25) is 5.56 Å². The maximum Gasteiger partial charge on any atom is 0.276 e. The minimum atomic E-state index is -3.64. The number of hydrogen-bond acceptors (Lipinski definition) is 4. The molecule has 184 valence electrons. The lowest BCUT2D eigenvalue weighted by Gasteiger charge is -2.30. The van der Waals surface area contributed by atoms with E-state index in [0.29, 0.717) is 18.7 Å². The van der Waals surface area contributed by atoms with E-state index >= 15 is 0 Å². The molecule has 2 aromatic carbocycles. The van der Waals surface area contributed by atoms with E-state index in [2.05, 4.69) is 30.3 Å². The van der Waals surface area contributed by atoms with Gasteiger partial charge in [-0.15, -0.1) is 0 Å². The lowest BCUT2D eigenvalue weighted by Crippen LogP contribution is -2.41. The van der Waals surface area contributed by atoms with Crippen LogP contribution in [-0.4, -0.2) is 36.2 Å². The molecule has 4 rings (SSSR count). The van der Waals surface area contributed by atoms with Crippen molar-refractivity contribution in [3.63, 3.8) is 0 Å². The number of piperidine rings is 1. The molecule has 7 nitrogen and oxygen atoms in total. The van der Waals surface area contributed by atoms with Gasteiger partial charge in [-0.3, -0.25) is 9.59 Å². The van der Waals surface area contributed by atoms with Gasteiger partial charge in [-0.2, -0.15) is 12.7 Å². The van der Waals surface area contributed by atoms with Crippen LogP contribution in [0.1, 0.15) is 63.7 Å². The second-order valence-corrected chi connectivity index (χ2v) is 10.8. The number of carbonyl (C=O) groups is 1. The summed E-state index contributed by atoms with van der Waals surface area (Å²) in [5.41, 5.74) is 4.79. The Morgan fingerprint density at radius 3 is 2.29 bits per heavy atom. The highest BCUT2D eigenvalue weighted by molar-refractivity contribution is 7.86. The van der Waals surface area contributed by atoms with Gasteiger partial charge in [0, 0.05) is 50.3 Å². The fraction of sp³-hybridized carbons (Fsp3) is 0.333. The van der Waals surface area contributed by atoms with Crippen LogP contribution in [0.15, 0.2) is 71.7 Å². The number of carbonyl (C=O) groups excluding carboxylic acids is 1. The van der Waals surface area contributed by atoms with Gasteiger partial charge < -0.3 is 4.57 Å². The van der Waals surface area contributed by atoms with Crippen molar-refractivity contribution >= 4 is 16.0 Å². The molecule has 1 atom stereocenters. The van der Waals surface area contributed by atoms with Gasteiger partial charge in [0.25, 0.3) is 10.2 Å². The number of benzene rings is 2. The largest absolute Gasteiger partial charge is 0.318 e. The zero-order chi connectivity index (χ0) is 25.2. The number of nitrogens with two attached hydrogens (primary N) is 1. The quantitative estimate of drug-likeness (QED) is 0.509. The molecule has 0 spiro atoms. The third-order valence-electron chi connectivity index (χ3n) is 6.99. The van der Waals surface area contributed by atoms with Gasteiger partial charge in [-0.1, -0.05) is 48.5 Å². The van der Waals surface area contributed by atoms with Gasteiger partial charge in [0.05, 0.1) is 0 Å². The van der Waals surface area contributed by atoms with Crippen LogP contribution in [0.3, 0.4) is 0 Å². The molecule has 8 heteroatoms. The van der Waals surface area contributed by atoms with E-state index in [1.54, 1.807) is 19.3 Å². The lowest BCUT2D eigenvalue weighted by molar-refractivity contribution is 0.0977. The molecule has 1 aliphatic rings. The number of rotatable bonds is 7. The number of hydrogen-bond donors (Lipinski definition) is 1. The smallest absolute Gasteiger partial charge is 0.276 e. The second kappa shape index (κ2) is 10.3. The topological polar surface area (TPSA) is 102 Å². The molecule has 0 bridgehead atoms. The van der Waals surface area contributed by atoms with Crippen LogP contribution in [0, 0.1) is 6.92 Å². The minimum absolute atomic E-state index is 0.0201. The van der Waals surface area contributed by atoms with Crippen LogP contribution in [0.5, 0.6) is 0 Å². The molecule has 0 saturated carbocycles. The highest BCUT2D eigenvalue weighted by Crippen LogP contribution is 2.34. The van der Waals surface area contributed by atoms with Crippen molar-refractivity contribution in [2.24, 2.45) is 12.2 Å². The predicted octanol–water partition coefficient (Wildman–Crippen LogP) is 3.48. The third-order valence-corrected chi connectivity index (χ3v) is 8.07. The van der Waals surface area contributed by atoms with Crippen LogP contribution >= 0.6 is 0 Å². The fourth-order valence-electron chi connectivity index (χ4n) is 4.89. The Morgan fingerprint density at radius 2 is 1.69 bits per heavy atom. The first-order valence-corrected chi connectivity index (χ1v) is 13.3. The van der Waals surface area contributed by atoms with Crippen molar-refractivity contribution in [3.05, 3.63) is 105 Å². The summed E-state index contributed by atoms with van der Waals surface area (Å²) in [4.78, 5) is 25.0. The van der Waals surface area contributed by atoms with E-state index in [1.807, 2.05) is 25.1 Å². The number of pyridine rings is 1. The third kappa shape index (κ3) is 5.78. The Kier molecular flexibility index (Phi) is 7.35. The molecule has 1 aromatic heterocycles. The van der Waals surface area contributed by atoms with Gasteiger partial charge in [0.15, 0.2) is 5.78 Å². The Morgan fingerprint density at radius 1 is 1.03 bits per heavy atom. The number of aryl methyl sites for hydroxylation is 2. The Labute approximate surface area is 206 Å². The minimum Gasteiger partial charge on any atom is -0.318 e. The summed E-state index contributed by atoms with van der Waals surface area (Å²) >= 11 is 0. The summed E-state index contributed by atoms with van der Waals surface area (Å²) in [5.74, 6) is 0.124. The van der Waals surface area contributed by atoms with Crippen LogP contribution < -0.4 is 10.7 Å². The normalized spacial score (nSPS) is 16.2. The zero-order valence-corrected chi connectivity index (χ0v) is 20.9. The SMILES string of the molecule is Cc1ccccc1[C@H](CC(=O)c1ccc(=O)n(C)c1)c1ccc(C2CCN(S(N)(=O)=O)CC2)cc1. The molecule has 1 saturated heterocycles. The summed E-state index contributed by atoms with van der Waals surface area (Å²) in [6.45, 7) is 2.89. The van der Waals surface area contributed by atoms with E-state index < -0.39 is 10.2 Å². The lowest BCUT2D eigenvalue weighted by atomic mass is 9.82. The molecule has 0 unspecified atom stereocenters. The average molecular weight is 494 g/mol. The average Bonchev–Trinajstić information content (AvgIpc) is 2.84. The van der Waals surface area contributed by atoms with E-state index in [4.69, 9.17) is 5.14 Å². The second-order valence-electron chi connectivity index (χ2n) is 9.29. The van der Waals surface area contributed by atoms with E-state index in [9.17, 15) is 18.0 Å². The first-order chi connectivity index (χ1) is 16.6. The molecule has 2 heterocycles. The summed E-state index contributed by atoms with van der Waals surface area (Å²) in [7, 11) is -2.00. The number of ketones is 1. The highest BCUT2D eigenvalue weighted by atomic mass is 32.2. The van der Waals surface area contributed by atoms with Gasteiger partial charge in [0.1, 0.15) is 0 Å². The number of Topliss-reactive ketones (excluding diaryl/α,β-unsaturated/α-hetero) is 1. The molecule has 1 fully saturated rings. The van der Waals surface area contributed by atoms with Gasteiger partial charge in [-0.05, 0) is 54.0 Å². The molecule has 35 heavy (non-hydrogen) atoms. The highest BCUT2D eigenvalue weighted by Gasteiger charge is 2.27. The van der Waals surface area contributed by atoms with Crippen molar-refractivity contribution in [2.75, 3.05) is 13.1 Å². The maximum atomic E-state index is 13.2. The summed E-state index contributed by atoms with van der Waals surface area (Å²) in [6.07, 6.45) is 3.33. The molecule has 0 amide bonds. The number of nitrogens with zero attached hydrogens (tertiary/aromatic N) is 2. The van der Waals surface area contributed by atoms with Crippen molar-refractivity contribution in [1.82, 2.24) is 8.87 Å². The monoisotopic (exact) mass is 493 g/mol. The molecule has 2 N–H and O–H groups in total. The Hall–Kier alpha value is -3.07. The van der Waals surface area contributed by atoms with E-state index in [0.717, 1.165) is 35.1 Å². The molecule has 3 aromatic rings. The van der Waals surface area contributed by atoms with Gasteiger partial charge >= 0.3 is 0 Å². The van der Waals surface area contributed by atoms with Crippen LogP contribution in [0.2, 0.25) is 0 Å². The van der Waals surface area contributed by atoms with E-state index in [-0.39, 0.29) is 29.6 Å².